The number of hydrogen-bond donors (Lipinski definition) is 0. The average molecular weight is 203 g/mol. The number of para-hydroxylation sites is 2. The molecule has 15 heavy (non-hydrogen) atoms. The molecular weight excluding hydrogens is 192 g/mol. The molecule has 0 N–H and O–H groups in total. The van der Waals surface area contributed by atoms with Gasteiger partial charge >= 0.3 is 0 Å². The Balaban J connectivity index is 2.55. The van der Waals surface area contributed by atoms with Crippen LogP contribution in [0.15, 0.2) is 30.6 Å². The van der Waals surface area contributed by atoms with E-state index in [0.29, 0.717) is 6.42 Å². The number of fused-ring (bicyclic) bond motifs is 1. The molecule has 0 radical (unpaired) electrons. The molecule has 0 saturated heterocycles. The summed E-state index contributed by atoms with van der Waals surface area (Å²) < 4.78 is 1.64. The second kappa shape index (κ2) is 3.73. The van der Waals surface area contributed by atoms with Crippen LogP contribution in [0.3, 0.4) is 0 Å². The SMILES string of the molecule is CC[C@H](C(=O)[O-])n1cnc2ccccc21. The number of imidazole rings is 1. The van der Waals surface area contributed by atoms with Crippen molar-refractivity contribution in [2.75, 3.05) is 0 Å². The summed E-state index contributed by atoms with van der Waals surface area (Å²) in [6, 6.07) is 6.81. The van der Waals surface area contributed by atoms with Crippen LogP contribution in [0.25, 0.3) is 11.0 Å². The molecule has 1 aromatic heterocycles. The van der Waals surface area contributed by atoms with Gasteiger partial charge in [0.15, 0.2) is 0 Å². The molecule has 2 aromatic rings. The van der Waals surface area contributed by atoms with Gasteiger partial charge in [-0.15, -0.1) is 0 Å². The van der Waals surface area contributed by atoms with E-state index in [9.17, 15) is 9.90 Å². The molecule has 0 aliphatic heterocycles. The zero-order valence-corrected chi connectivity index (χ0v) is 8.38. The normalized spacial score (nSPS) is 12.9. The highest BCUT2D eigenvalue weighted by atomic mass is 16.4. The Morgan fingerprint density at radius 1 is 1.53 bits per heavy atom. The standard InChI is InChI=1S/C11H12N2O2/c1-2-9(11(14)15)13-7-12-8-5-3-4-6-10(8)13/h3-7,9H,2H2,1H3,(H,14,15)/p-1/t9-/m1/s1. The lowest BCUT2D eigenvalue weighted by atomic mass is 10.2. The van der Waals surface area contributed by atoms with E-state index < -0.39 is 12.0 Å². The van der Waals surface area contributed by atoms with Gasteiger partial charge < -0.3 is 14.5 Å². The minimum absolute atomic E-state index is 0.489. The fraction of sp³-hybridized carbons (Fsp3) is 0.273. The molecule has 1 aromatic carbocycles. The van der Waals surface area contributed by atoms with Crippen molar-refractivity contribution in [3.8, 4) is 0 Å². The summed E-state index contributed by atoms with van der Waals surface area (Å²) in [6.45, 7) is 1.81. The van der Waals surface area contributed by atoms with Gasteiger partial charge in [-0.05, 0) is 18.6 Å². The average Bonchev–Trinajstić information content (AvgIpc) is 2.63. The highest BCUT2D eigenvalue weighted by Gasteiger charge is 2.12. The summed E-state index contributed by atoms with van der Waals surface area (Å²) in [5.74, 6) is -1.07. The fourth-order valence-corrected chi connectivity index (χ4v) is 1.70. The lowest BCUT2D eigenvalue weighted by molar-refractivity contribution is -0.310. The van der Waals surface area contributed by atoms with E-state index in [1.54, 1.807) is 10.9 Å². The summed E-state index contributed by atoms with van der Waals surface area (Å²) in [4.78, 5) is 15.1. The van der Waals surface area contributed by atoms with E-state index in [1.807, 2.05) is 31.2 Å². The number of benzene rings is 1. The first-order valence-electron chi connectivity index (χ1n) is 4.86. The van der Waals surface area contributed by atoms with Crippen LogP contribution >= 0.6 is 0 Å². The second-order valence-corrected chi connectivity index (χ2v) is 3.38. The summed E-state index contributed by atoms with van der Waals surface area (Å²) in [6.07, 6.45) is 2.04. The van der Waals surface area contributed by atoms with Crippen LogP contribution < -0.4 is 5.11 Å². The minimum atomic E-state index is -1.07. The van der Waals surface area contributed by atoms with Crippen molar-refractivity contribution in [2.24, 2.45) is 0 Å². The molecule has 4 nitrogen and oxygen atoms in total. The highest BCUT2D eigenvalue weighted by molar-refractivity contribution is 5.78. The van der Waals surface area contributed by atoms with Crippen molar-refractivity contribution < 1.29 is 9.90 Å². The Morgan fingerprint density at radius 3 is 2.93 bits per heavy atom. The van der Waals surface area contributed by atoms with E-state index in [4.69, 9.17) is 0 Å². The van der Waals surface area contributed by atoms with Crippen LogP contribution in [0.4, 0.5) is 0 Å². The third kappa shape index (κ3) is 1.58. The number of aromatic nitrogens is 2. The van der Waals surface area contributed by atoms with Gasteiger partial charge in [0.1, 0.15) is 0 Å². The first-order chi connectivity index (χ1) is 7.24. The minimum Gasteiger partial charge on any atom is -0.548 e. The van der Waals surface area contributed by atoms with E-state index >= 15 is 0 Å². The third-order valence-corrected chi connectivity index (χ3v) is 2.48. The molecule has 0 spiro atoms. The predicted octanol–water partition coefficient (Wildman–Crippen LogP) is 0.737. The van der Waals surface area contributed by atoms with Crippen LogP contribution in [0.5, 0.6) is 0 Å². The predicted molar refractivity (Wildman–Crippen MR) is 54.1 cm³/mol. The summed E-state index contributed by atoms with van der Waals surface area (Å²) >= 11 is 0. The molecule has 0 aliphatic rings. The van der Waals surface area contributed by atoms with E-state index in [0.717, 1.165) is 11.0 Å². The maximum absolute atomic E-state index is 10.9. The zero-order chi connectivity index (χ0) is 10.8. The Kier molecular flexibility index (Phi) is 2.41. The number of aliphatic carboxylic acids is 1. The Labute approximate surface area is 87.2 Å². The van der Waals surface area contributed by atoms with Crippen molar-refractivity contribution in [1.82, 2.24) is 9.55 Å². The largest absolute Gasteiger partial charge is 0.548 e. The molecule has 0 unspecified atom stereocenters. The number of carboxylic acid groups (broad SMARTS) is 1. The van der Waals surface area contributed by atoms with E-state index in [-0.39, 0.29) is 0 Å². The van der Waals surface area contributed by atoms with Crippen LogP contribution in [0.1, 0.15) is 19.4 Å². The lowest BCUT2D eigenvalue weighted by Gasteiger charge is -2.18. The molecule has 0 saturated carbocycles. The van der Waals surface area contributed by atoms with Gasteiger partial charge in [-0.1, -0.05) is 19.1 Å². The van der Waals surface area contributed by atoms with E-state index in [1.165, 1.54) is 0 Å². The first kappa shape index (κ1) is 9.71. The van der Waals surface area contributed by atoms with Crippen molar-refractivity contribution in [1.29, 1.82) is 0 Å². The number of carboxylic acids is 1. The second-order valence-electron chi connectivity index (χ2n) is 3.38. The molecule has 2 rings (SSSR count). The highest BCUT2D eigenvalue weighted by Crippen LogP contribution is 2.19. The number of carbonyl (C=O) groups excluding carboxylic acids is 1. The van der Waals surface area contributed by atoms with Crippen molar-refractivity contribution in [2.45, 2.75) is 19.4 Å². The summed E-state index contributed by atoms with van der Waals surface area (Å²) in [5.41, 5.74) is 1.63. The molecule has 1 atom stereocenters. The topological polar surface area (TPSA) is 57.9 Å². The van der Waals surface area contributed by atoms with Crippen molar-refractivity contribution >= 4 is 17.0 Å². The quantitative estimate of drug-likeness (QED) is 0.739. The summed E-state index contributed by atoms with van der Waals surface area (Å²) in [5, 5.41) is 10.9. The Hall–Kier alpha value is -1.84. The molecule has 4 heteroatoms. The van der Waals surface area contributed by atoms with Gasteiger partial charge in [0.25, 0.3) is 0 Å². The maximum Gasteiger partial charge on any atom is 0.0964 e. The maximum atomic E-state index is 10.9. The van der Waals surface area contributed by atoms with Crippen LogP contribution in [0.2, 0.25) is 0 Å². The zero-order valence-electron chi connectivity index (χ0n) is 8.38. The van der Waals surface area contributed by atoms with Crippen molar-refractivity contribution in [3.63, 3.8) is 0 Å². The first-order valence-corrected chi connectivity index (χ1v) is 4.86. The van der Waals surface area contributed by atoms with Gasteiger partial charge in [-0.3, -0.25) is 0 Å². The van der Waals surface area contributed by atoms with Gasteiger partial charge in [0, 0.05) is 0 Å². The van der Waals surface area contributed by atoms with Gasteiger partial charge in [0.2, 0.25) is 0 Å². The van der Waals surface area contributed by atoms with Crippen LogP contribution in [-0.4, -0.2) is 15.5 Å². The number of hydrogen-bond acceptors (Lipinski definition) is 3. The molecule has 0 amide bonds. The monoisotopic (exact) mass is 203 g/mol. The third-order valence-electron chi connectivity index (χ3n) is 2.48. The molecule has 0 fully saturated rings. The fourth-order valence-electron chi connectivity index (χ4n) is 1.70. The molecule has 78 valence electrons. The molecule has 0 aliphatic carbocycles. The van der Waals surface area contributed by atoms with E-state index in [2.05, 4.69) is 4.98 Å². The Bertz CT molecular complexity index is 490. The van der Waals surface area contributed by atoms with Crippen LogP contribution in [0, 0.1) is 0 Å². The number of rotatable bonds is 3. The summed E-state index contributed by atoms with van der Waals surface area (Å²) in [7, 11) is 0. The molecule has 0 bridgehead atoms. The van der Waals surface area contributed by atoms with Crippen LogP contribution in [-0.2, 0) is 4.79 Å². The van der Waals surface area contributed by atoms with Gasteiger partial charge in [-0.2, -0.15) is 0 Å². The number of nitrogens with zero attached hydrogens (tertiary/aromatic N) is 2. The van der Waals surface area contributed by atoms with Gasteiger partial charge in [0.05, 0.1) is 29.4 Å². The number of carbonyl (C=O) groups is 1. The lowest BCUT2D eigenvalue weighted by Crippen LogP contribution is -2.32. The van der Waals surface area contributed by atoms with Gasteiger partial charge in [-0.25, -0.2) is 4.98 Å². The van der Waals surface area contributed by atoms with Crippen molar-refractivity contribution in [3.05, 3.63) is 30.6 Å². The smallest absolute Gasteiger partial charge is 0.0964 e. The Morgan fingerprint density at radius 2 is 2.27 bits per heavy atom. The molecular formula is C11H11N2O2-. The molecule has 1 heterocycles.